The first-order chi connectivity index (χ1) is 9.14. The second kappa shape index (κ2) is 4.06. The van der Waals surface area contributed by atoms with E-state index in [4.69, 9.17) is 0 Å². The molecule has 0 amide bonds. The molecule has 2 bridgehead atoms. The predicted molar refractivity (Wildman–Crippen MR) is 73.6 cm³/mol. The lowest BCUT2D eigenvalue weighted by molar-refractivity contribution is -0.159. The van der Waals surface area contributed by atoms with Crippen molar-refractivity contribution in [3.8, 4) is 0 Å². The molecule has 3 heteroatoms. The summed E-state index contributed by atoms with van der Waals surface area (Å²) in [6.07, 6.45) is 6.95. The fourth-order valence-electron chi connectivity index (χ4n) is 5.73. The Morgan fingerprint density at radius 2 is 2.11 bits per heavy atom. The van der Waals surface area contributed by atoms with Gasteiger partial charge in [0.05, 0.1) is 12.2 Å². The molecule has 2 saturated carbocycles. The van der Waals surface area contributed by atoms with Gasteiger partial charge < -0.3 is 10.2 Å². The Morgan fingerprint density at radius 1 is 1.26 bits per heavy atom. The summed E-state index contributed by atoms with van der Waals surface area (Å²) in [5, 5.41) is 21.2. The average Bonchev–Trinajstić information content (AvgIpc) is 2.40. The van der Waals surface area contributed by atoms with E-state index in [1.165, 1.54) is 25.0 Å². The normalized spacial score (nSPS) is 53.4. The van der Waals surface area contributed by atoms with Gasteiger partial charge in [-0.2, -0.15) is 0 Å². The Kier molecular flexibility index (Phi) is 2.64. The van der Waals surface area contributed by atoms with Gasteiger partial charge in [-0.1, -0.05) is 13.0 Å². The zero-order valence-electron chi connectivity index (χ0n) is 11.8. The Hall–Kier alpha value is -0.380. The van der Waals surface area contributed by atoms with Crippen LogP contribution in [0.25, 0.3) is 0 Å². The number of piperidine rings is 1. The monoisotopic (exact) mass is 263 g/mol. The SMILES string of the molecule is CC1CC2C3=CCCN4CCC[C@H](C(O)C2O)[C@@]34C1. The zero-order valence-corrected chi connectivity index (χ0v) is 11.8. The van der Waals surface area contributed by atoms with E-state index >= 15 is 0 Å². The highest BCUT2D eigenvalue weighted by molar-refractivity contribution is 5.36. The molecule has 3 nitrogen and oxygen atoms in total. The maximum atomic E-state index is 10.6. The van der Waals surface area contributed by atoms with Gasteiger partial charge in [-0.05, 0) is 50.1 Å². The minimum Gasteiger partial charge on any atom is -0.390 e. The van der Waals surface area contributed by atoms with Gasteiger partial charge in [0.25, 0.3) is 0 Å². The zero-order chi connectivity index (χ0) is 13.2. The molecule has 3 fully saturated rings. The minimum absolute atomic E-state index is 0.0947. The summed E-state index contributed by atoms with van der Waals surface area (Å²) in [5.74, 6) is 1.11. The predicted octanol–water partition coefficient (Wildman–Crippen LogP) is 1.55. The number of aliphatic hydroxyl groups is 2. The molecule has 4 aliphatic rings. The molecule has 0 radical (unpaired) electrons. The van der Waals surface area contributed by atoms with E-state index in [1.54, 1.807) is 0 Å². The third kappa shape index (κ3) is 1.44. The van der Waals surface area contributed by atoms with Crippen LogP contribution in [0.2, 0.25) is 0 Å². The lowest BCUT2D eigenvalue weighted by Crippen LogP contribution is -2.71. The number of aliphatic hydroxyl groups excluding tert-OH is 2. The molecule has 4 unspecified atom stereocenters. The van der Waals surface area contributed by atoms with Crippen molar-refractivity contribution in [1.82, 2.24) is 4.90 Å². The average molecular weight is 263 g/mol. The molecule has 2 aliphatic heterocycles. The summed E-state index contributed by atoms with van der Waals surface area (Å²) in [6, 6.07) is 0. The summed E-state index contributed by atoms with van der Waals surface area (Å²) in [6.45, 7) is 4.64. The van der Waals surface area contributed by atoms with Crippen LogP contribution >= 0.6 is 0 Å². The number of hydrogen-bond donors (Lipinski definition) is 2. The summed E-state index contributed by atoms with van der Waals surface area (Å²) in [7, 11) is 0. The van der Waals surface area contributed by atoms with Crippen LogP contribution in [-0.2, 0) is 0 Å². The molecule has 6 atom stereocenters. The standard InChI is InChI=1S/C16H25NO2/c1-10-8-11-12-4-2-6-17-7-3-5-13(15(19)14(11)18)16(12,17)9-10/h4,10-11,13-15,18-19H,2-3,5-9H2,1H3/t10?,11?,13-,14?,15?,16-/m1/s1. The second-order valence-corrected chi connectivity index (χ2v) is 7.24. The summed E-state index contributed by atoms with van der Waals surface area (Å²) in [5.41, 5.74) is 1.58. The molecule has 1 spiro atoms. The van der Waals surface area contributed by atoms with Crippen LogP contribution in [0.4, 0.5) is 0 Å². The van der Waals surface area contributed by atoms with E-state index in [0.717, 1.165) is 25.8 Å². The third-order valence-electron chi connectivity index (χ3n) is 6.27. The van der Waals surface area contributed by atoms with Crippen molar-refractivity contribution in [2.24, 2.45) is 17.8 Å². The first-order valence-electron chi connectivity index (χ1n) is 7.96. The molecular weight excluding hydrogens is 238 g/mol. The Morgan fingerprint density at radius 3 is 2.95 bits per heavy atom. The number of hydrogen-bond acceptors (Lipinski definition) is 3. The summed E-state index contributed by atoms with van der Waals surface area (Å²) in [4.78, 5) is 2.65. The molecule has 0 aromatic heterocycles. The van der Waals surface area contributed by atoms with E-state index in [0.29, 0.717) is 5.92 Å². The molecule has 0 aromatic rings. The van der Waals surface area contributed by atoms with Gasteiger partial charge in [-0.25, -0.2) is 0 Å². The van der Waals surface area contributed by atoms with Crippen LogP contribution in [-0.4, -0.2) is 45.9 Å². The summed E-state index contributed by atoms with van der Waals surface area (Å²) >= 11 is 0. The molecule has 0 aromatic carbocycles. The quantitative estimate of drug-likeness (QED) is 0.652. The van der Waals surface area contributed by atoms with Gasteiger partial charge in [0, 0.05) is 23.9 Å². The van der Waals surface area contributed by atoms with Crippen molar-refractivity contribution in [3.05, 3.63) is 11.6 Å². The highest BCUT2D eigenvalue weighted by Gasteiger charge is 2.62. The van der Waals surface area contributed by atoms with Crippen molar-refractivity contribution < 1.29 is 10.2 Å². The topological polar surface area (TPSA) is 43.7 Å². The van der Waals surface area contributed by atoms with E-state index < -0.39 is 12.2 Å². The Labute approximate surface area is 115 Å². The van der Waals surface area contributed by atoms with E-state index in [2.05, 4.69) is 17.9 Å². The molecule has 2 heterocycles. The maximum absolute atomic E-state index is 10.6. The van der Waals surface area contributed by atoms with Crippen LogP contribution in [0.3, 0.4) is 0 Å². The fraction of sp³-hybridized carbons (Fsp3) is 0.875. The molecular formula is C16H25NO2. The van der Waals surface area contributed by atoms with Gasteiger partial charge in [-0.3, -0.25) is 4.90 Å². The molecule has 2 N–H and O–H groups in total. The van der Waals surface area contributed by atoms with Gasteiger partial charge in [-0.15, -0.1) is 0 Å². The van der Waals surface area contributed by atoms with Gasteiger partial charge in [0.1, 0.15) is 0 Å². The largest absolute Gasteiger partial charge is 0.390 e. The Balaban J connectivity index is 1.88. The summed E-state index contributed by atoms with van der Waals surface area (Å²) < 4.78 is 0. The maximum Gasteiger partial charge on any atom is 0.0868 e. The van der Waals surface area contributed by atoms with Crippen LogP contribution in [0.15, 0.2) is 11.6 Å². The van der Waals surface area contributed by atoms with E-state index in [9.17, 15) is 10.2 Å². The lowest BCUT2D eigenvalue weighted by atomic mass is 9.51. The highest BCUT2D eigenvalue weighted by atomic mass is 16.3. The van der Waals surface area contributed by atoms with Crippen LogP contribution in [0.5, 0.6) is 0 Å². The minimum atomic E-state index is -0.537. The molecule has 4 rings (SSSR count). The van der Waals surface area contributed by atoms with Gasteiger partial charge in [0.15, 0.2) is 0 Å². The first-order valence-corrected chi connectivity index (χ1v) is 7.96. The third-order valence-corrected chi connectivity index (χ3v) is 6.27. The second-order valence-electron chi connectivity index (χ2n) is 7.24. The lowest BCUT2D eigenvalue weighted by Gasteiger charge is -2.65. The first kappa shape index (κ1) is 12.4. The van der Waals surface area contributed by atoms with E-state index in [1.807, 2.05) is 0 Å². The fourth-order valence-corrected chi connectivity index (χ4v) is 5.73. The van der Waals surface area contributed by atoms with E-state index in [-0.39, 0.29) is 17.4 Å². The number of rotatable bonds is 0. The van der Waals surface area contributed by atoms with Gasteiger partial charge >= 0.3 is 0 Å². The van der Waals surface area contributed by atoms with Crippen LogP contribution in [0.1, 0.15) is 39.0 Å². The van der Waals surface area contributed by atoms with Crippen molar-refractivity contribution in [2.75, 3.05) is 13.1 Å². The van der Waals surface area contributed by atoms with Gasteiger partial charge in [0.2, 0.25) is 0 Å². The number of nitrogens with zero attached hydrogens (tertiary/aromatic N) is 1. The molecule has 19 heavy (non-hydrogen) atoms. The van der Waals surface area contributed by atoms with Crippen LogP contribution < -0.4 is 0 Å². The van der Waals surface area contributed by atoms with Crippen LogP contribution in [0, 0.1) is 17.8 Å². The van der Waals surface area contributed by atoms with Crippen molar-refractivity contribution in [2.45, 2.75) is 56.8 Å². The molecule has 106 valence electrons. The van der Waals surface area contributed by atoms with Crippen molar-refractivity contribution in [3.63, 3.8) is 0 Å². The molecule has 1 saturated heterocycles. The van der Waals surface area contributed by atoms with Crippen molar-refractivity contribution in [1.29, 1.82) is 0 Å². The highest BCUT2D eigenvalue weighted by Crippen LogP contribution is 2.58. The Bertz CT molecular complexity index is 421. The van der Waals surface area contributed by atoms with Crippen molar-refractivity contribution >= 4 is 0 Å². The molecule has 2 aliphatic carbocycles. The smallest absolute Gasteiger partial charge is 0.0868 e.